The van der Waals surface area contributed by atoms with Gasteiger partial charge < -0.3 is 14.7 Å². The Kier molecular flexibility index (Phi) is 7.61. The largest absolute Gasteiger partial charge is 0.306 e. The molecular weight excluding hydrogens is 272 g/mol. The molecule has 0 amide bonds. The Labute approximate surface area is 138 Å². The third-order valence-corrected chi connectivity index (χ3v) is 5.61. The van der Waals surface area contributed by atoms with Crippen molar-refractivity contribution in [2.24, 2.45) is 0 Å². The van der Waals surface area contributed by atoms with Gasteiger partial charge >= 0.3 is 0 Å². The molecule has 0 unspecified atom stereocenters. The molecule has 2 saturated heterocycles. The van der Waals surface area contributed by atoms with Crippen LogP contribution in [0.25, 0.3) is 0 Å². The molecule has 2 fully saturated rings. The number of rotatable bonds is 6. The average molecular weight is 311 g/mol. The lowest BCUT2D eigenvalue weighted by Gasteiger charge is -2.37. The van der Waals surface area contributed by atoms with Crippen LogP contribution in [0.4, 0.5) is 0 Å². The van der Waals surface area contributed by atoms with Gasteiger partial charge in [0.1, 0.15) is 0 Å². The summed E-state index contributed by atoms with van der Waals surface area (Å²) in [7, 11) is 4.47. The summed E-state index contributed by atoms with van der Waals surface area (Å²) in [5, 5.41) is 0. The van der Waals surface area contributed by atoms with Crippen LogP contribution in [0.1, 0.15) is 39.5 Å². The Morgan fingerprint density at radius 2 is 1.50 bits per heavy atom. The highest BCUT2D eigenvalue weighted by molar-refractivity contribution is 4.76. The Hall–Kier alpha value is -0.160. The van der Waals surface area contributed by atoms with Crippen molar-refractivity contribution in [3.05, 3.63) is 0 Å². The van der Waals surface area contributed by atoms with Crippen LogP contribution in [0.2, 0.25) is 0 Å². The summed E-state index contributed by atoms with van der Waals surface area (Å²) < 4.78 is 0. The van der Waals surface area contributed by atoms with Crippen LogP contribution in [0.3, 0.4) is 0 Å². The van der Waals surface area contributed by atoms with Crippen molar-refractivity contribution in [1.82, 2.24) is 19.6 Å². The highest BCUT2D eigenvalue weighted by atomic mass is 15.3. The van der Waals surface area contributed by atoms with Gasteiger partial charge in [0.05, 0.1) is 0 Å². The zero-order chi connectivity index (χ0) is 15.9. The van der Waals surface area contributed by atoms with E-state index in [1.54, 1.807) is 0 Å². The first-order chi connectivity index (χ1) is 10.6. The van der Waals surface area contributed by atoms with Gasteiger partial charge in [0.2, 0.25) is 0 Å². The van der Waals surface area contributed by atoms with E-state index in [1.807, 2.05) is 0 Å². The van der Waals surface area contributed by atoms with Crippen LogP contribution >= 0.6 is 0 Å². The van der Waals surface area contributed by atoms with Gasteiger partial charge in [-0.25, -0.2) is 0 Å². The van der Waals surface area contributed by atoms with E-state index < -0.39 is 0 Å². The molecule has 2 aliphatic rings. The number of hydrogen-bond donors (Lipinski definition) is 0. The fourth-order valence-corrected chi connectivity index (χ4v) is 3.90. The molecule has 2 heterocycles. The standard InChI is InChI=1S/C18H38N4/c1-17(2)22-15-13-21(14-16-22)11-6-10-20-9-5-7-18(8-12-20)19(3)4/h17-18H,5-16H2,1-4H3/t18-/m1/s1. The third-order valence-electron chi connectivity index (χ3n) is 5.61. The van der Waals surface area contributed by atoms with Gasteiger partial charge in [-0.05, 0) is 79.8 Å². The van der Waals surface area contributed by atoms with Gasteiger partial charge in [-0.1, -0.05) is 0 Å². The van der Waals surface area contributed by atoms with E-state index in [2.05, 4.69) is 47.5 Å². The summed E-state index contributed by atoms with van der Waals surface area (Å²) in [6.45, 7) is 14.9. The van der Waals surface area contributed by atoms with Crippen molar-refractivity contribution in [2.45, 2.75) is 51.6 Å². The van der Waals surface area contributed by atoms with Crippen LogP contribution in [-0.2, 0) is 0 Å². The average Bonchev–Trinajstić information content (AvgIpc) is 2.73. The number of likely N-dealkylation sites (tertiary alicyclic amines) is 1. The Balaban J connectivity index is 1.59. The van der Waals surface area contributed by atoms with Gasteiger partial charge in [-0.3, -0.25) is 4.90 Å². The second-order valence-electron chi connectivity index (χ2n) is 7.71. The summed E-state index contributed by atoms with van der Waals surface area (Å²) >= 11 is 0. The SMILES string of the molecule is CC(C)N1CCN(CCCN2CCC[C@@H](N(C)C)CC2)CC1. The maximum absolute atomic E-state index is 2.70. The van der Waals surface area contributed by atoms with Crippen LogP contribution in [-0.4, -0.2) is 98.1 Å². The molecule has 0 saturated carbocycles. The van der Waals surface area contributed by atoms with E-state index in [0.29, 0.717) is 6.04 Å². The zero-order valence-electron chi connectivity index (χ0n) is 15.4. The van der Waals surface area contributed by atoms with E-state index in [-0.39, 0.29) is 0 Å². The van der Waals surface area contributed by atoms with Crippen LogP contribution in [0, 0.1) is 0 Å². The van der Waals surface area contributed by atoms with Crippen molar-refractivity contribution < 1.29 is 0 Å². The van der Waals surface area contributed by atoms with E-state index >= 15 is 0 Å². The fourth-order valence-electron chi connectivity index (χ4n) is 3.90. The van der Waals surface area contributed by atoms with Crippen molar-refractivity contribution in [1.29, 1.82) is 0 Å². The quantitative estimate of drug-likeness (QED) is 0.742. The van der Waals surface area contributed by atoms with E-state index in [4.69, 9.17) is 0 Å². The molecule has 0 spiro atoms. The van der Waals surface area contributed by atoms with Gasteiger partial charge in [0, 0.05) is 38.3 Å². The molecule has 2 aliphatic heterocycles. The normalized spacial score (nSPS) is 26.7. The molecule has 0 aromatic rings. The van der Waals surface area contributed by atoms with E-state index in [9.17, 15) is 0 Å². The second kappa shape index (κ2) is 9.21. The van der Waals surface area contributed by atoms with Crippen molar-refractivity contribution in [2.75, 3.05) is 66.5 Å². The molecule has 130 valence electrons. The maximum atomic E-state index is 2.70. The lowest BCUT2D eigenvalue weighted by molar-refractivity contribution is 0.104. The molecule has 0 N–H and O–H groups in total. The van der Waals surface area contributed by atoms with Gasteiger partial charge in [0.15, 0.2) is 0 Å². The summed E-state index contributed by atoms with van der Waals surface area (Å²) in [6.07, 6.45) is 5.44. The molecule has 4 nitrogen and oxygen atoms in total. The van der Waals surface area contributed by atoms with Crippen LogP contribution in [0.5, 0.6) is 0 Å². The molecular formula is C18H38N4. The summed E-state index contributed by atoms with van der Waals surface area (Å²) in [5.41, 5.74) is 0. The Morgan fingerprint density at radius 3 is 2.09 bits per heavy atom. The topological polar surface area (TPSA) is 13.0 Å². The summed E-state index contributed by atoms with van der Waals surface area (Å²) in [4.78, 5) is 10.4. The summed E-state index contributed by atoms with van der Waals surface area (Å²) in [6, 6.07) is 1.51. The van der Waals surface area contributed by atoms with E-state index in [0.717, 1.165) is 6.04 Å². The van der Waals surface area contributed by atoms with Crippen molar-refractivity contribution >= 4 is 0 Å². The Bertz CT molecular complexity index is 297. The predicted molar refractivity (Wildman–Crippen MR) is 95.5 cm³/mol. The minimum atomic E-state index is 0.712. The van der Waals surface area contributed by atoms with Gasteiger partial charge in [0.25, 0.3) is 0 Å². The van der Waals surface area contributed by atoms with Crippen molar-refractivity contribution in [3.8, 4) is 0 Å². The predicted octanol–water partition coefficient (Wildman–Crippen LogP) is 1.82. The molecule has 0 radical (unpaired) electrons. The van der Waals surface area contributed by atoms with Crippen LogP contribution in [0.15, 0.2) is 0 Å². The molecule has 0 bridgehead atoms. The molecule has 0 aromatic carbocycles. The highest BCUT2D eigenvalue weighted by Crippen LogP contribution is 2.15. The Morgan fingerprint density at radius 1 is 0.864 bits per heavy atom. The lowest BCUT2D eigenvalue weighted by Crippen LogP contribution is -2.49. The van der Waals surface area contributed by atoms with E-state index in [1.165, 1.54) is 78.0 Å². The van der Waals surface area contributed by atoms with Gasteiger partial charge in [-0.2, -0.15) is 0 Å². The third kappa shape index (κ3) is 5.80. The monoisotopic (exact) mass is 310 g/mol. The minimum Gasteiger partial charge on any atom is -0.306 e. The molecule has 22 heavy (non-hydrogen) atoms. The molecule has 1 atom stereocenters. The first-order valence-corrected chi connectivity index (χ1v) is 9.41. The molecule has 2 rings (SSSR count). The minimum absolute atomic E-state index is 0.712. The smallest absolute Gasteiger partial charge is 0.0113 e. The molecule has 0 aromatic heterocycles. The van der Waals surface area contributed by atoms with Crippen LogP contribution < -0.4 is 0 Å². The molecule has 0 aliphatic carbocycles. The highest BCUT2D eigenvalue weighted by Gasteiger charge is 2.20. The zero-order valence-corrected chi connectivity index (χ0v) is 15.4. The number of piperazine rings is 1. The first-order valence-electron chi connectivity index (χ1n) is 9.41. The fraction of sp³-hybridized carbons (Fsp3) is 1.00. The number of nitrogens with zero attached hydrogens (tertiary/aromatic N) is 4. The lowest BCUT2D eigenvalue weighted by atomic mass is 10.1. The number of hydrogen-bond acceptors (Lipinski definition) is 4. The maximum Gasteiger partial charge on any atom is 0.0113 e. The van der Waals surface area contributed by atoms with Crippen molar-refractivity contribution in [3.63, 3.8) is 0 Å². The second-order valence-corrected chi connectivity index (χ2v) is 7.71. The first kappa shape index (κ1) is 18.2. The summed E-state index contributed by atoms with van der Waals surface area (Å²) in [5.74, 6) is 0. The molecule has 4 heteroatoms. The van der Waals surface area contributed by atoms with Gasteiger partial charge in [-0.15, -0.1) is 0 Å².